The van der Waals surface area contributed by atoms with Gasteiger partial charge in [0.1, 0.15) is 0 Å². The molecule has 0 heterocycles. The lowest BCUT2D eigenvalue weighted by Crippen LogP contribution is -2.09. The quantitative estimate of drug-likeness (QED) is 0.385. The predicted molar refractivity (Wildman–Crippen MR) is 102 cm³/mol. The van der Waals surface area contributed by atoms with Crippen LogP contribution in [0.15, 0.2) is 77.9 Å². The number of rotatable bonds is 5. The first-order valence-corrected chi connectivity index (χ1v) is 8.05. The number of hydrogen-bond acceptors (Lipinski definition) is 5. The zero-order valence-corrected chi connectivity index (χ0v) is 14.2. The molecule has 0 fully saturated rings. The number of halogens is 1. The average molecular weight is 368 g/mol. The minimum Gasteiger partial charge on any atom is -0.502 e. The fraction of sp³-hybridized carbons (Fsp3) is 0. The number of aromatic hydroxyl groups is 1. The van der Waals surface area contributed by atoms with E-state index in [4.69, 9.17) is 11.6 Å². The Morgan fingerprint density at radius 3 is 2.04 bits per heavy atom. The van der Waals surface area contributed by atoms with E-state index in [1.54, 1.807) is 5.01 Å². The summed E-state index contributed by atoms with van der Waals surface area (Å²) in [6.07, 6.45) is 1.34. The lowest BCUT2D eigenvalue weighted by molar-refractivity contribution is -0.385. The Kier molecular flexibility index (Phi) is 5.15. The van der Waals surface area contributed by atoms with Crippen molar-refractivity contribution in [3.05, 3.63) is 93.5 Å². The third-order valence-electron chi connectivity index (χ3n) is 3.59. The standard InChI is InChI=1S/C19H14ClN3O3/c20-15-11-14(19(24)18(12-15)23(25)26)13-21-22(16-7-3-1-4-8-16)17-9-5-2-6-10-17/h1-13,24H. The van der Waals surface area contributed by atoms with Crippen molar-refractivity contribution >= 4 is 34.9 Å². The van der Waals surface area contributed by atoms with Crippen LogP contribution < -0.4 is 5.01 Å². The van der Waals surface area contributed by atoms with Gasteiger partial charge in [-0.15, -0.1) is 0 Å². The highest BCUT2D eigenvalue weighted by atomic mass is 35.5. The number of benzene rings is 3. The summed E-state index contributed by atoms with van der Waals surface area (Å²) in [5, 5.41) is 27.4. The molecule has 0 atom stereocenters. The number of phenols is 1. The van der Waals surface area contributed by atoms with E-state index in [9.17, 15) is 15.2 Å². The molecule has 0 aliphatic carbocycles. The first kappa shape index (κ1) is 17.4. The second kappa shape index (κ2) is 7.67. The van der Waals surface area contributed by atoms with Gasteiger partial charge in [-0.1, -0.05) is 48.0 Å². The van der Waals surface area contributed by atoms with E-state index in [2.05, 4.69) is 5.10 Å². The molecule has 0 radical (unpaired) electrons. The molecule has 26 heavy (non-hydrogen) atoms. The molecule has 0 spiro atoms. The van der Waals surface area contributed by atoms with E-state index in [1.165, 1.54) is 12.3 Å². The molecular weight excluding hydrogens is 354 g/mol. The first-order chi connectivity index (χ1) is 12.6. The average Bonchev–Trinajstić information content (AvgIpc) is 2.66. The van der Waals surface area contributed by atoms with Crippen LogP contribution in [0.5, 0.6) is 5.75 Å². The summed E-state index contributed by atoms with van der Waals surface area (Å²) >= 11 is 5.92. The van der Waals surface area contributed by atoms with E-state index >= 15 is 0 Å². The molecule has 0 aromatic heterocycles. The van der Waals surface area contributed by atoms with Gasteiger partial charge >= 0.3 is 5.69 Å². The lowest BCUT2D eigenvalue weighted by atomic mass is 10.2. The van der Waals surface area contributed by atoms with Crippen molar-refractivity contribution in [3.8, 4) is 5.75 Å². The number of hydrazone groups is 1. The number of nitro groups is 1. The van der Waals surface area contributed by atoms with Crippen LogP contribution in [0.25, 0.3) is 0 Å². The van der Waals surface area contributed by atoms with Crippen LogP contribution in [0.2, 0.25) is 5.02 Å². The number of para-hydroxylation sites is 2. The van der Waals surface area contributed by atoms with E-state index in [1.807, 2.05) is 60.7 Å². The van der Waals surface area contributed by atoms with Crippen molar-refractivity contribution in [3.63, 3.8) is 0 Å². The van der Waals surface area contributed by atoms with E-state index in [-0.39, 0.29) is 10.6 Å². The van der Waals surface area contributed by atoms with E-state index in [0.717, 1.165) is 17.4 Å². The Labute approximate surface area is 154 Å². The van der Waals surface area contributed by atoms with Gasteiger partial charge in [0, 0.05) is 16.7 Å². The van der Waals surface area contributed by atoms with Crippen molar-refractivity contribution < 1.29 is 10.0 Å². The maximum atomic E-state index is 11.0. The molecular formula is C19H14ClN3O3. The molecule has 0 saturated carbocycles. The zero-order valence-electron chi connectivity index (χ0n) is 13.5. The molecule has 0 saturated heterocycles. The van der Waals surface area contributed by atoms with Gasteiger partial charge in [0.05, 0.1) is 22.5 Å². The Morgan fingerprint density at radius 2 is 1.54 bits per heavy atom. The Hall–Kier alpha value is -3.38. The summed E-state index contributed by atoms with van der Waals surface area (Å²) in [7, 11) is 0. The molecule has 7 heteroatoms. The number of nitro benzene ring substituents is 1. The van der Waals surface area contributed by atoms with Crippen molar-refractivity contribution in [1.82, 2.24) is 0 Å². The molecule has 3 aromatic carbocycles. The number of nitrogens with zero attached hydrogens (tertiary/aromatic N) is 3. The molecule has 0 bridgehead atoms. The number of anilines is 2. The van der Waals surface area contributed by atoms with Crippen LogP contribution in [-0.4, -0.2) is 16.2 Å². The molecule has 130 valence electrons. The summed E-state index contributed by atoms with van der Waals surface area (Å²) in [5.74, 6) is -0.482. The third-order valence-corrected chi connectivity index (χ3v) is 3.81. The molecule has 0 aliphatic rings. The fourth-order valence-electron chi connectivity index (χ4n) is 2.38. The summed E-state index contributed by atoms with van der Waals surface area (Å²) in [6.45, 7) is 0. The summed E-state index contributed by atoms with van der Waals surface area (Å²) in [6, 6.07) is 21.3. The highest BCUT2D eigenvalue weighted by Gasteiger charge is 2.18. The molecule has 1 N–H and O–H groups in total. The van der Waals surface area contributed by atoms with E-state index in [0.29, 0.717) is 0 Å². The second-order valence-electron chi connectivity index (χ2n) is 5.35. The Balaban J connectivity index is 2.04. The van der Waals surface area contributed by atoms with Gasteiger partial charge < -0.3 is 5.11 Å². The maximum absolute atomic E-state index is 11.0. The van der Waals surface area contributed by atoms with Crippen molar-refractivity contribution in [1.29, 1.82) is 0 Å². The van der Waals surface area contributed by atoms with Crippen LogP contribution in [0.1, 0.15) is 5.56 Å². The van der Waals surface area contributed by atoms with Gasteiger partial charge in [-0.2, -0.15) is 5.10 Å². The van der Waals surface area contributed by atoms with Crippen molar-refractivity contribution in [2.75, 3.05) is 5.01 Å². The molecule has 6 nitrogen and oxygen atoms in total. The lowest BCUT2D eigenvalue weighted by Gasteiger charge is -2.19. The molecule has 0 amide bonds. The van der Waals surface area contributed by atoms with Gasteiger partial charge in [0.2, 0.25) is 5.75 Å². The van der Waals surface area contributed by atoms with Crippen LogP contribution in [0, 0.1) is 10.1 Å². The first-order valence-electron chi connectivity index (χ1n) is 7.67. The van der Waals surface area contributed by atoms with Gasteiger partial charge in [-0.25, -0.2) is 5.01 Å². The van der Waals surface area contributed by atoms with Crippen LogP contribution >= 0.6 is 11.6 Å². The second-order valence-corrected chi connectivity index (χ2v) is 5.78. The van der Waals surface area contributed by atoms with Crippen LogP contribution in [-0.2, 0) is 0 Å². The summed E-state index contributed by atoms with van der Waals surface area (Å²) < 4.78 is 0. The fourth-order valence-corrected chi connectivity index (χ4v) is 2.60. The number of hydrogen-bond donors (Lipinski definition) is 1. The molecule has 3 rings (SSSR count). The minimum atomic E-state index is -0.690. The van der Waals surface area contributed by atoms with Crippen LogP contribution in [0.3, 0.4) is 0 Å². The highest BCUT2D eigenvalue weighted by molar-refractivity contribution is 6.31. The van der Waals surface area contributed by atoms with Crippen LogP contribution in [0.4, 0.5) is 17.1 Å². The maximum Gasteiger partial charge on any atom is 0.312 e. The number of phenolic OH excluding ortho intramolecular Hbond substituents is 1. The van der Waals surface area contributed by atoms with Gasteiger partial charge in [-0.3, -0.25) is 10.1 Å². The monoisotopic (exact) mass is 367 g/mol. The Morgan fingerprint density at radius 1 is 1.00 bits per heavy atom. The van der Waals surface area contributed by atoms with Crippen molar-refractivity contribution in [2.45, 2.75) is 0 Å². The molecule has 3 aromatic rings. The predicted octanol–water partition coefficient (Wildman–Crippen LogP) is 5.13. The zero-order chi connectivity index (χ0) is 18.5. The largest absolute Gasteiger partial charge is 0.502 e. The highest BCUT2D eigenvalue weighted by Crippen LogP contribution is 2.33. The van der Waals surface area contributed by atoms with Gasteiger partial charge in [0.15, 0.2) is 0 Å². The molecule has 0 unspecified atom stereocenters. The van der Waals surface area contributed by atoms with Gasteiger partial charge in [0.25, 0.3) is 0 Å². The summed E-state index contributed by atoms with van der Waals surface area (Å²) in [5.41, 5.74) is 1.28. The third kappa shape index (κ3) is 3.81. The van der Waals surface area contributed by atoms with Crippen molar-refractivity contribution in [2.24, 2.45) is 5.10 Å². The normalized spacial score (nSPS) is 10.8. The van der Waals surface area contributed by atoms with Gasteiger partial charge in [-0.05, 0) is 30.3 Å². The smallest absolute Gasteiger partial charge is 0.312 e. The van der Waals surface area contributed by atoms with E-state index < -0.39 is 16.4 Å². The SMILES string of the molecule is O=[N+]([O-])c1cc(Cl)cc(C=NN(c2ccccc2)c2ccccc2)c1O. The Bertz CT molecular complexity index is 908. The minimum absolute atomic E-state index is 0.141. The summed E-state index contributed by atoms with van der Waals surface area (Å²) in [4.78, 5) is 10.3. The topological polar surface area (TPSA) is 79.0 Å². The molecule has 0 aliphatic heterocycles.